The van der Waals surface area contributed by atoms with Crippen molar-refractivity contribution in [2.45, 2.75) is 25.9 Å². The van der Waals surface area contributed by atoms with Gasteiger partial charge in [0, 0.05) is 10.6 Å². The van der Waals surface area contributed by atoms with Crippen molar-refractivity contribution in [1.82, 2.24) is 15.0 Å². The fourth-order valence-corrected chi connectivity index (χ4v) is 3.99. The van der Waals surface area contributed by atoms with Gasteiger partial charge in [-0.25, -0.2) is 15.0 Å². The van der Waals surface area contributed by atoms with Crippen LogP contribution in [0.3, 0.4) is 0 Å². The second-order valence-electron chi connectivity index (χ2n) is 5.36. The van der Waals surface area contributed by atoms with Crippen LogP contribution in [-0.2, 0) is 4.79 Å². The Labute approximate surface area is 147 Å². The fourth-order valence-electron chi connectivity index (χ4n) is 2.25. The Bertz CT molecular complexity index is 922. The number of nitrogens with one attached hydrogen (secondary N) is 1. The first-order valence-corrected chi connectivity index (χ1v) is 9.14. The summed E-state index contributed by atoms with van der Waals surface area (Å²) in [5.41, 5.74) is 8.02. The van der Waals surface area contributed by atoms with E-state index < -0.39 is 0 Å². The summed E-state index contributed by atoms with van der Waals surface area (Å²) < 4.78 is 0. The van der Waals surface area contributed by atoms with Crippen LogP contribution in [0, 0.1) is 20.8 Å². The number of thiophene rings is 1. The number of anilines is 2. The van der Waals surface area contributed by atoms with E-state index in [9.17, 15) is 4.79 Å². The first-order valence-electron chi connectivity index (χ1n) is 7.33. The third-order valence-electron chi connectivity index (χ3n) is 3.52. The van der Waals surface area contributed by atoms with Gasteiger partial charge < -0.3 is 11.1 Å². The van der Waals surface area contributed by atoms with E-state index in [0.29, 0.717) is 16.8 Å². The minimum Gasteiger partial charge on any atom is -0.383 e. The molecule has 0 aromatic carbocycles. The second kappa shape index (κ2) is 6.74. The molecule has 3 aromatic heterocycles. The minimum absolute atomic E-state index is 0.154. The molecule has 0 bridgehead atoms. The average molecular weight is 359 g/mol. The summed E-state index contributed by atoms with van der Waals surface area (Å²) >= 11 is 2.85. The van der Waals surface area contributed by atoms with Gasteiger partial charge in [0.25, 0.3) is 0 Å². The Balaban J connectivity index is 1.70. The molecule has 1 amide bonds. The topological polar surface area (TPSA) is 93.8 Å². The number of amides is 1. The lowest BCUT2D eigenvalue weighted by Gasteiger charge is -2.05. The highest BCUT2D eigenvalue weighted by atomic mass is 32.2. The van der Waals surface area contributed by atoms with E-state index in [0.717, 1.165) is 21.5 Å². The number of fused-ring (bicyclic) bond motifs is 1. The van der Waals surface area contributed by atoms with E-state index in [1.54, 1.807) is 17.4 Å². The monoisotopic (exact) mass is 359 g/mol. The van der Waals surface area contributed by atoms with E-state index in [2.05, 4.69) is 20.3 Å². The summed E-state index contributed by atoms with van der Waals surface area (Å²) in [6.07, 6.45) is 0. The van der Waals surface area contributed by atoms with Crippen LogP contribution in [0.4, 0.5) is 11.6 Å². The number of nitrogens with two attached hydrogens (primary N) is 1. The number of nitrogen functional groups attached to an aromatic ring is 1. The molecule has 0 atom stereocenters. The lowest BCUT2D eigenvalue weighted by atomic mass is 10.2. The molecule has 24 heavy (non-hydrogen) atoms. The maximum Gasteiger partial charge on any atom is 0.236 e. The molecule has 0 radical (unpaired) electrons. The summed E-state index contributed by atoms with van der Waals surface area (Å²) in [7, 11) is 0. The van der Waals surface area contributed by atoms with Crippen molar-refractivity contribution in [3.8, 4) is 0 Å². The fraction of sp³-hybridized carbons (Fsp3) is 0.250. The zero-order chi connectivity index (χ0) is 17.3. The van der Waals surface area contributed by atoms with Gasteiger partial charge in [-0.05, 0) is 38.5 Å². The Kier molecular flexibility index (Phi) is 4.68. The number of aryl methyl sites for hydroxylation is 3. The number of rotatable bonds is 4. The predicted molar refractivity (Wildman–Crippen MR) is 99.6 cm³/mol. The highest BCUT2D eigenvalue weighted by molar-refractivity contribution is 7.99. The number of thioether (sulfide) groups is 1. The molecular formula is C16H17N5OS2. The van der Waals surface area contributed by atoms with Gasteiger partial charge in [-0.2, -0.15) is 0 Å². The molecule has 3 rings (SSSR count). The Morgan fingerprint density at radius 1 is 1.25 bits per heavy atom. The lowest BCUT2D eigenvalue weighted by Crippen LogP contribution is -2.15. The molecule has 8 heteroatoms. The standard InChI is InChI=1S/C16H17N5OS2/c1-8-5-4-6-11(18-8)19-12(22)7-23-16-20-14(17)13-9(2)10(3)24-15(13)21-16/h4-6H,7H2,1-3H3,(H2,17,20,21)(H,18,19,22). The van der Waals surface area contributed by atoms with Gasteiger partial charge >= 0.3 is 0 Å². The number of pyridine rings is 1. The van der Waals surface area contributed by atoms with Gasteiger partial charge in [0.05, 0.1) is 11.1 Å². The van der Waals surface area contributed by atoms with Crippen molar-refractivity contribution in [2.75, 3.05) is 16.8 Å². The molecule has 0 spiro atoms. The molecule has 0 aliphatic rings. The quantitative estimate of drug-likeness (QED) is 0.548. The number of hydrogen-bond donors (Lipinski definition) is 2. The molecule has 0 saturated heterocycles. The number of carbonyl (C=O) groups excluding carboxylic acids is 1. The third-order valence-corrected chi connectivity index (χ3v) is 5.47. The van der Waals surface area contributed by atoms with Crippen molar-refractivity contribution < 1.29 is 4.79 Å². The molecular weight excluding hydrogens is 342 g/mol. The van der Waals surface area contributed by atoms with Gasteiger partial charge in [-0.15, -0.1) is 11.3 Å². The van der Waals surface area contributed by atoms with Crippen LogP contribution >= 0.6 is 23.1 Å². The van der Waals surface area contributed by atoms with Crippen molar-refractivity contribution in [2.24, 2.45) is 0 Å². The SMILES string of the molecule is Cc1cccc(NC(=O)CSc2nc(N)c3c(C)c(C)sc3n2)n1. The number of nitrogens with zero attached hydrogens (tertiary/aromatic N) is 3. The summed E-state index contributed by atoms with van der Waals surface area (Å²) in [6, 6.07) is 5.48. The van der Waals surface area contributed by atoms with Gasteiger partial charge in [0.15, 0.2) is 5.16 Å². The predicted octanol–water partition coefficient (Wildman–Crippen LogP) is 3.32. The van der Waals surface area contributed by atoms with Gasteiger partial charge in [-0.3, -0.25) is 4.79 Å². The van der Waals surface area contributed by atoms with Crippen molar-refractivity contribution in [1.29, 1.82) is 0 Å². The molecule has 124 valence electrons. The van der Waals surface area contributed by atoms with Crippen LogP contribution in [0.15, 0.2) is 23.4 Å². The maximum absolute atomic E-state index is 12.0. The normalized spacial score (nSPS) is 11.0. The largest absolute Gasteiger partial charge is 0.383 e. The van der Waals surface area contributed by atoms with Crippen LogP contribution in [0.25, 0.3) is 10.2 Å². The van der Waals surface area contributed by atoms with Crippen molar-refractivity contribution in [3.63, 3.8) is 0 Å². The van der Waals surface area contributed by atoms with Crippen molar-refractivity contribution in [3.05, 3.63) is 34.3 Å². The maximum atomic E-state index is 12.0. The first-order chi connectivity index (χ1) is 11.4. The van der Waals surface area contributed by atoms with Gasteiger partial charge in [-0.1, -0.05) is 17.8 Å². The molecule has 0 fully saturated rings. The first kappa shape index (κ1) is 16.7. The van der Waals surface area contributed by atoms with Crippen LogP contribution < -0.4 is 11.1 Å². The van der Waals surface area contributed by atoms with Crippen LogP contribution in [0.2, 0.25) is 0 Å². The second-order valence-corrected chi connectivity index (χ2v) is 7.50. The number of hydrogen-bond acceptors (Lipinski definition) is 7. The van der Waals surface area contributed by atoms with E-state index >= 15 is 0 Å². The summed E-state index contributed by atoms with van der Waals surface area (Å²) in [5, 5.41) is 4.18. The summed E-state index contributed by atoms with van der Waals surface area (Å²) in [6.45, 7) is 5.93. The summed E-state index contributed by atoms with van der Waals surface area (Å²) in [4.78, 5) is 27.1. The van der Waals surface area contributed by atoms with E-state index in [4.69, 9.17) is 5.73 Å². The lowest BCUT2D eigenvalue weighted by molar-refractivity contribution is -0.113. The van der Waals surface area contributed by atoms with Gasteiger partial charge in [0.2, 0.25) is 5.91 Å². The highest BCUT2D eigenvalue weighted by Gasteiger charge is 2.14. The van der Waals surface area contributed by atoms with Crippen LogP contribution in [-0.4, -0.2) is 26.6 Å². The van der Waals surface area contributed by atoms with Crippen LogP contribution in [0.5, 0.6) is 0 Å². The number of carbonyl (C=O) groups is 1. The Morgan fingerprint density at radius 2 is 2.04 bits per heavy atom. The minimum atomic E-state index is -0.154. The molecule has 3 N–H and O–H groups in total. The van der Waals surface area contributed by atoms with Gasteiger partial charge in [0.1, 0.15) is 16.5 Å². The third kappa shape index (κ3) is 3.49. The molecule has 6 nitrogen and oxygen atoms in total. The smallest absolute Gasteiger partial charge is 0.236 e. The van der Waals surface area contributed by atoms with E-state index in [1.165, 1.54) is 16.6 Å². The molecule has 0 saturated carbocycles. The molecule has 0 aliphatic carbocycles. The van der Waals surface area contributed by atoms with E-state index in [1.807, 2.05) is 32.9 Å². The number of aromatic nitrogens is 3. The Morgan fingerprint density at radius 3 is 2.79 bits per heavy atom. The summed E-state index contributed by atoms with van der Waals surface area (Å²) in [5.74, 6) is 1.05. The van der Waals surface area contributed by atoms with Crippen LogP contribution in [0.1, 0.15) is 16.1 Å². The molecule has 3 heterocycles. The van der Waals surface area contributed by atoms with Crippen molar-refractivity contribution >= 4 is 50.9 Å². The highest BCUT2D eigenvalue weighted by Crippen LogP contribution is 2.33. The molecule has 0 unspecified atom stereocenters. The zero-order valence-corrected chi connectivity index (χ0v) is 15.2. The zero-order valence-electron chi connectivity index (χ0n) is 13.6. The average Bonchev–Trinajstić information content (AvgIpc) is 2.80. The molecule has 3 aromatic rings. The van der Waals surface area contributed by atoms with E-state index in [-0.39, 0.29) is 11.7 Å². The molecule has 0 aliphatic heterocycles. The Hall–Kier alpha value is -2.19.